The number of aryl methyl sites for hydroxylation is 2. The third-order valence-corrected chi connectivity index (χ3v) is 5.38. The number of pyridine rings is 1. The predicted octanol–water partition coefficient (Wildman–Crippen LogP) is 5.98. The number of hydrogen-bond acceptors (Lipinski definition) is 4. The molecular formula is C24H20ClF3N4O2. The van der Waals surface area contributed by atoms with E-state index in [-0.39, 0.29) is 22.6 Å². The molecule has 6 nitrogen and oxygen atoms in total. The minimum Gasteiger partial charge on any atom is -0.467 e. The highest BCUT2D eigenvalue weighted by Gasteiger charge is 2.36. The maximum atomic E-state index is 13.9. The maximum absolute atomic E-state index is 13.9. The Morgan fingerprint density at radius 3 is 2.53 bits per heavy atom. The average Bonchev–Trinajstić information content (AvgIpc) is 3.13. The molecule has 4 rings (SSSR count). The molecule has 0 saturated heterocycles. The lowest BCUT2D eigenvalue weighted by molar-refractivity contribution is -0.136. The van der Waals surface area contributed by atoms with Crippen LogP contribution in [0, 0.1) is 6.92 Å². The molecule has 2 heterocycles. The van der Waals surface area contributed by atoms with Gasteiger partial charge in [-0.25, -0.2) is 4.68 Å². The summed E-state index contributed by atoms with van der Waals surface area (Å²) >= 11 is 5.89. The molecule has 0 atom stereocenters. The minimum absolute atomic E-state index is 0.0122. The Kier molecular flexibility index (Phi) is 6.47. The second-order valence-corrected chi connectivity index (χ2v) is 8.01. The van der Waals surface area contributed by atoms with Gasteiger partial charge in [0.2, 0.25) is 5.88 Å². The number of carbonyl (C=O) groups is 1. The first-order chi connectivity index (χ1) is 16.2. The van der Waals surface area contributed by atoms with Crippen LogP contribution in [-0.4, -0.2) is 27.3 Å². The Morgan fingerprint density at radius 1 is 1.15 bits per heavy atom. The summed E-state index contributed by atoms with van der Waals surface area (Å²) in [5.41, 5.74) is 1.31. The molecule has 1 N–H and O–H groups in total. The second kappa shape index (κ2) is 9.34. The predicted molar refractivity (Wildman–Crippen MR) is 124 cm³/mol. The fourth-order valence-corrected chi connectivity index (χ4v) is 3.71. The fourth-order valence-electron chi connectivity index (χ4n) is 3.52. The molecule has 0 fully saturated rings. The number of aromatic nitrogens is 3. The highest BCUT2D eigenvalue weighted by molar-refractivity contribution is 6.30. The Morgan fingerprint density at radius 2 is 1.88 bits per heavy atom. The fraction of sp³-hybridized carbons (Fsp3) is 0.208. The van der Waals surface area contributed by atoms with Gasteiger partial charge >= 0.3 is 6.18 Å². The number of ether oxygens (including phenoxy) is 1. The number of halogens is 4. The molecule has 2 aromatic heterocycles. The third-order valence-electron chi connectivity index (χ3n) is 5.14. The summed E-state index contributed by atoms with van der Waals surface area (Å²) < 4.78 is 48.4. The van der Waals surface area contributed by atoms with Crippen LogP contribution in [0.1, 0.15) is 23.7 Å². The molecule has 176 valence electrons. The van der Waals surface area contributed by atoms with E-state index < -0.39 is 24.3 Å². The summed E-state index contributed by atoms with van der Waals surface area (Å²) in [5.74, 6) is -0.912. The first-order valence-corrected chi connectivity index (χ1v) is 10.8. The van der Waals surface area contributed by atoms with Crippen LogP contribution in [-0.2, 0) is 17.4 Å². The first-order valence-electron chi connectivity index (χ1n) is 10.4. The standard InChI is InChI=1S/C24H20ClF3N4O2/c1-3-15-7-9-18(10-8-15)32-23-22(14(2)31-32)19(24(26,27)28)12-21(30-23)34-13-20(33)29-17-6-4-5-16(25)11-17/h4-12H,3,13H2,1-2H3,(H,29,33). The van der Waals surface area contributed by atoms with Gasteiger partial charge < -0.3 is 10.1 Å². The van der Waals surface area contributed by atoms with E-state index in [0.717, 1.165) is 18.1 Å². The zero-order chi connectivity index (χ0) is 24.5. The Hall–Kier alpha value is -3.59. The van der Waals surface area contributed by atoms with Gasteiger partial charge in [0.15, 0.2) is 12.3 Å². The van der Waals surface area contributed by atoms with Gasteiger partial charge in [-0.15, -0.1) is 0 Å². The van der Waals surface area contributed by atoms with E-state index in [0.29, 0.717) is 16.4 Å². The van der Waals surface area contributed by atoms with Crippen molar-refractivity contribution < 1.29 is 22.7 Å². The van der Waals surface area contributed by atoms with Crippen LogP contribution in [0.5, 0.6) is 5.88 Å². The van der Waals surface area contributed by atoms with E-state index in [2.05, 4.69) is 15.4 Å². The van der Waals surface area contributed by atoms with Crippen molar-refractivity contribution in [3.05, 3.63) is 76.4 Å². The summed E-state index contributed by atoms with van der Waals surface area (Å²) in [7, 11) is 0. The third kappa shape index (κ3) is 4.99. The lowest BCUT2D eigenvalue weighted by Crippen LogP contribution is -2.20. The van der Waals surface area contributed by atoms with E-state index in [9.17, 15) is 18.0 Å². The van der Waals surface area contributed by atoms with Crippen LogP contribution in [0.4, 0.5) is 18.9 Å². The summed E-state index contributed by atoms with van der Waals surface area (Å²) in [6, 6.07) is 14.5. The molecule has 0 bridgehead atoms. The van der Waals surface area contributed by atoms with E-state index in [1.165, 1.54) is 17.7 Å². The SMILES string of the molecule is CCc1ccc(-n2nc(C)c3c(C(F)(F)F)cc(OCC(=O)Nc4cccc(Cl)c4)nc32)cc1. The van der Waals surface area contributed by atoms with Crippen molar-refractivity contribution in [2.75, 3.05) is 11.9 Å². The van der Waals surface area contributed by atoms with Gasteiger partial charge in [-0.1, -0.05) is 36.7 Å². The number of amides is 1. The number of carbonyl (C=O) groups excluding carboxylic acids is 1. The van der Waals surface area contributed by atoms with Crippen molar-refractivity contribution in [2.45, 2.75) is 26.4 Å². The van der Waals surface area contributed by atoms with Gasteiger partial charge in [0.05, 0.1) is 22.3 Å². The smallest absolute Gasteiger partial charge is 0.417 e. The van der Waals surface area contributed by atoms with Gasteiger partial charge in [0.1, 0.15) is 0 Å². The van der Waals surface area contributed by atoms with Crippen LogP contribution in [0.15, 0.2) is 54.6 Å². The summed E-state index contributed by atoms with van der Waals surface area (Å²) in [6.45, 7) is 2.96. The van der Waals surface area contributed by atoms with Crippen LogP contribution >= 0.6 is 11.6 Å². The van der Waals surface area contributed by atoms with E-state index in [1.54, 1.807) is 30.3 Å². The monoisotopic (exact) mass is 488 g/mol. The van der Waals surface area contributed by atoms with Crippen molar-refractivity contribution in [3.8, 4) is 11.6 Å². The summed E-state index contributed by atoms with van der Waals surface area (Å²) in [4.78, 5) is 16.5. The number of fused-ring (bicyclic) bond motifs is 1. The molecule has 0 aliphatic carbocycles. The Bertz CT molecular complexity index is 1350. The van der Waals surface area contributed by atoms with Crippen LogP contribution < -0.4 is 10.1 Å². The Balaban J connectivity index is 1.68. The first kappa shape index (κ1) is 23.6. The summed E-state index contributed by atoms with van der Waals surface area (Å²) in [6.07, 6.45) is -3.85. The lowest BCUT2D eigenvalue weighted by atomic mass is 10.1. The van der Waals surface area contributed by atoms with Crippen molar-refractivity contribution in [3.63, 3.8) is 0 Å². The summed E-state index contributed by atoms with van der Waals surface area (Å²) in [5, 5.41) is 7.17. The van der Waals surface area contributed by atoms with E-state index in [4.69, 9.17) is 16.3 Å². The normalized spacial score (nSPS) is 11.6. The largest absolute Gasteiger partial charge is 0.467 e. The molecule has 0 unspecified atom stereocenters. The molecule has 10 heteroatoms. The van der Waals surface area contributed by atoms with Crippen molar-refractivity contribution in [2.24, 2.45) is 0 Å². The Labute approximate surface area is 198 Å². The van der Waals surface area contributed by atoms with Crippen molar-refractivity contribution in [1.82, 2.24) is 14.8 Å². The van der Waals surface area contributed by atoms with Gasteiger partial charge in [0.25, 0.3) is 5.91 Å². The zero-order valence-corrected chi connectivity index (χ0v) is 19.0. The van der Waals surface area contributed by atoms with Crippen molar-refractivity contribution in [1.29, 1.82) is 0 Å². The minimum atomic E-state index is -4.67. The molecule has 0 aliphatic rings. The second-order valence-electron chi connectivity index (χ2n) is 7.57. The molecule has 4 aromatic rings. The van der Waals surface area contributed by atoms with E-state index >= 15 is 0 Å². The average molecular weight is 489 g/mol. The maximum Gasteiger partial charge on any atom is 0.417 e. The number of nitrogens with zero attached hydrogens (tertiary/aromatic N) is 3. The molecule has 0 spiro atoms. The quantitative estimate of drug-likeness (QED) is 0.362. The number of anilines is 1. The van der Waals surface area contributed by atoms with E-state index in [1.807, 2.05) is 19.1 Å². The van der Waals surface area contributed by atoms with Gasteiger partial charge in [-0.3, -0.25) is 4.79 Å². The lowest BCUT2D eigenvalue weighted by Gasteiger charge is -2.12. The van der Waals surface area contributed by atoms with Crippen LogP contribution in [0.25, 0.3) is 16.7 Å². The van der Waals surface area contributed by atoms with Crippen LogP contribution in [0.2, 0.25) is 5.02 Å². The number of hydrogen-bond donors (Lipinski definition) is 1. The van der Waals surface area contributed by atoms with Gasteiger partial charge in [-0.2, -0.15) is 23.3 Å². The molecule has 34 heavy (non-hydrogen) atoms. The topological polar surface area (TPSA) is 69.0 Å². The molecular weight excluding hydrogens is 469 g/mol. The number of benzene rings is 2. The molecule has 2 aromatic carbocycles. The van der Waals surface area contributed by atoms with Crippen molar-refractivity contribution >= 4 is 34.2 Å². The molecule has 0 radical (unpaired) electrons. The molecule has 1 amide bonds. The van der Waals surface area contributed by atoms with Crippen LogP contribution in [0.3, 0.4) is 0 Å². The number of alkyl halides is 3. The number of nitrogens with one attached hydrogen (secondary N) is 1. The van der Waals surface area contributed by atoms with Gasteiger partial charge in [-0.05, 0) is 49.2 Å². The highest BCUT2D eigenvalue weighted by Crippen LogP contribution is 2.38. The zero-order valence-electron chi connectivity index (χ0n) is 18.3. The number of rotatable bonds is 6. The molecule has 0 saturated carbocycles. The molecule has 0 aliphatic heterocycles. The highest BCUT2D eigenvalue weighted by atomic mass is 35.5. The van der Waals surface area contributed by atoms with Gasteiger partial charge in [0, 0.05) is 16.8 Å².